The molecule has 0 saturated heterocycles. The Bertz CT molecular complexity index is 530. The Kier molecular flexibility index (Phi) is 3.84. The van der Waals surface area contributed by atoms with E-state index in [9.17, 15) is 9.59 Å². The molecular weight excluding hydrogens is 222 g/mol. The summed E-state index contributed by atoms with van der Waals surface area (Å²) in [6, 6.07) is 0. The molecule has 0 aliphatic carbocycles. The van der Waals surface area contributed by atoms with Crippen LogP contribution in [0.5, 0.6) is 0 Å². The lowest BCUT2D eigenvalue weighted by molar-refractivity contribution is 0.692. The van der Waals surface area contributed by atoms with Crippen LogP contribution in [0.15, 0.2) is 14.6 Å². The van der Waals surface area contributed by atoms with E-state index in [0.29, 0.717) is 13.0 Å². The summed E-state index contributed by atoms with van der Waals surface area (Å²) in [7, 11) is 2.90. The predicted molar refractivity (Wildman–Crippen MR) is 67.8 cm³/mol. The zero-order valence-corrected chi connectivity index (χ0v) is 10.2. The molecule has 4 N–H and O–H groups in total. The van der Waals surface area contributed by atoms with Crippen LogP contribution in [-0.4, -0.2) is 21.4 Å². The second-order valence-corrected chi connectivity index (χ2v) is 3.83. The minimum Gasteiger partial charge on any atom is -0.391 e. The van der Waals surface area contributed by atoms with Crippen LogP contribution in [0, 0.1) is 0 Å². The molecule has 0 saturated carbocycles. The van der Waals surface area contributed by atoms with E-state index in [0.717, 1.165) is 10.3 Å². The smallest absolute Gasteiger partial charge is 0.332 e. The predicted octanol–water partition coefficient (Wildman–Crippen LogP) is -0.893. The molecule has 0 aromatic carbocycles. The number of hydrogen-bond donors (Lipinski definition) is 2. The largest absolute Gasteiger partial charge is 0.391 e. The van der Waals surface area contributed by atoms with Crippen molar-refractivity contribution in [1.82, 2.24) is 9.13 Å². The third-order valence-electron chi connectivity index (χ3n) is 2.47. The van der Waals surface area contributed by atoms with Crippen LogP contribution < -0.4 is 22.7 Å². The van der Waals surface area contributed by atoms with Gasteiger partial charge in [-0.15, -0.1) is 0 Å². The fraction of sp³-hybridized carbons (Fsp3) is 0.500. The molecule has 17 heavy (non-hydrogen) atoms. The van der Waals surface area contributed by atoms with E-state index in [1.807, 2.05) is 0 Å². The summed E-state index contributed by atoms with van der Waals surface area (Å²) in [6.45, 7) is 2.22. The normalized spacial score (nSPS) is 11.9. The molecule has 0 amide bonds. The number of aromatic nitrogens is 2. The third-order valence-corrected chi connectivity index (χ3v) is 2.47. The Morgan fingerprint density at radius 3 is 2.41 bits per heavy atom. The summed E-state index contributed by atoms with van der Waals surface area (Å²) >= 11 is 0. The summed E-state index contributed by atoms with van der Waals surface area (Å²) in [5.74, 6) is 0.184. The van der Waals surface area contributed by atoms with E-state index < -0.39 is 11.2 Å². The molecular formula is C10H17N5O2. The fourth-order valence-electron chi connectivity index (χ4n) is 1.44. The van der Waals surface area contributed by atoms with Gasteiger partial charge in [-0.2, -0.15) is 0 Å². The molecule has 7 nitrogen and oxygen atoms in total. The van der Waals surface area contributed by atoms with Crippen molar-refractivity contribution < 1.29 is 0 Å². The molecule has 0 bridgehead atoms. The van der Waals surface area contributed by atoms with Gasteiger partial charge in [-0.25, -0.2) is 9.79 Å². The Labute approximate surface area is 98.4 Å². The topological polar surface area (TPSA) is 108 Å². The fourth-order valence-corrected chi connectivity index (χ4v) is 1.44. The lowest BCUT2D eigenvalue weighted by Gasteiger charge is -2.09. The van der Waals surface area contributed by atoms with Gasteiger partial charge in [0.25, 0.3) is 5.56 Å². The molecule has 1 aromatic rings. The SMILES string of the molecule is CC(CCN)=Nc1c(N)c(=O)n(C)c(=O)n1C. The van der Waals surface area contributed by atoms with E-state index in [1.165, 1.54) is 18.7 Å². The average Bonchev–Trinajstić information content (AvgIpc) is 2.30. The van der Waals surface area contributed by atoms with Gasteiger partial charge in [0, 0.05) is 19.8 Å². The first-order chi connectivity index (χ1) is 7.90. The standard InChI is InChI=1S/C10H17N5O2/c1-6(4-5-11)13-8-7(12)9(16)15(3)10(17)14(8)2/h4-5,11-12H2,1-3H3. The number of nitrogen functional groups attached to an aromatic ring is 1. The monoisotopic (exact) mass is 239 g/mol. The van der Waals surface area contributed by atoms with Gasteiger partial charge in [0.2, 0.25) is 0 Å². The van der Waals surface area contributed by atoms with Crippen molar-refractivity contribution in [3.63, 3.8) is 0 Å². The van der Waals surface area contributed by atoms with Crippen LogP contribution in [-0.2, 0) is 14.1 Å². The van der Waals surface area contributed by atoms with Crippen molar-refractivity contribution in [3.05, 3.63) is 20.8 Å². The van der Waals surface area contributed by atoms with Gasteiger partial charge in [-0.3, -0.25) is 13.9 Å². The van der Waals surface area contributed by atoms with Crippen molar-refractivity contribution in [2.24, 2.45) is 24.8 Å². The maximum absolute atomic E-state index is 11.7. The second-order valence-electron chi connectivity index (χ2n) is 3.83. The number of nitrogens with zero attached hydrogens (tertiary/aromatic N) is 3. The summed E-state index contributed by atoms with van der Waals surface area (Å²) in [5.41, 5.74) is 10.8. The highest BCUT2D eigenvalue weighted by atomic mass is 16.2. The van der Waals surface area contributed by atoms with Gasteiger partial charge in [0.15, 0.2) is 5.82 Å². The Morgan fingerprint density at radius 2 is 1.88 bits per heavy atom. The highest BCUT2D eigenvalue weighted by molar-refractivity contribution is 5.85. The first-order valence-corrected chi connectivity index (χ1v) is 5.19. The Balaban J connectivity index is 3.51. The molecule has 1 heterocycles. The number of rotatable bonds is 3. The quantitative estimate of drug-likeness (QED) is 0.667. The summed E-state index contributed by atoms with van der Waals surface area (Å²) < 4.78 is 2.20. The van der Waals surface area contributed by atoms with Crippen molar-refractivity contribution in [1.29, 1.82) is 0 Å². The molecule has 1 rings (SSSR count). The molecule has 0 fully saturated rings. The number of hydrogen-bond acceptors (Lipinski definition) is 5. The van der Waals surface area contributed by atoms with Crippen molar-refractivity contribution in [2.45, 2.75) is 13.3 Å². The average molecular weight is 239 g/mol. The van der Waals surface area contributed by atoms with Crippen LogP contribution in [0.3, 0.4) is 0 Å². The third kappa shape index (κ3) is 2.44. The van der Waals surface area contributed by atoms with Crippen LogP contribution in [0.1, 0.15) is 13.3 Å². The van der Waals surface area contributed by atoms with Crippen LogP contribution in [0.25, 0.3) is 0 Å². The summed E-state index contributed by atoms with van der Waals surface area (Å²) in [6.07, 6.45) is 0.586. The van der Waals surface area contributed by atoms with Gasteiger partial charge in [-0.1, -0.05) is 0 Å². The molecule has 0 unspecified atom stereocenters. The summed E-state index contributed by atoms with van der Waals surface area (Å²) in [5, 5.41) is 0. The van der Waals surface area contributed by atoms with E-state index in [-0.39, 0.29) is 11.5 Å². The number of nitrogens with two attached hydrogens (primary N) is 2. The van der Waals surface area contributed by atoms with Gasteiger partial charge in [-0.05, 0) is 19.9 Å². The molecule has 0 spiro atoms. The van der Waals surface area contributed by atoms with Gasteiger partial charge < -0.3 is 11.5 Å². The highest BCUT2D eigenvalue weighted by Crippen LogP contribution is 2.15. The van der Waals surface area contributed by atoms with E-state index in [4.69, 9.17) is 11.5 Å². The van der Waals surface area contributed by atoms with Crippen LogP contribution in [0.4, 0.5) is 11.5 Å². The van der Waals surface area contributed by atoms with Crippen LogP contribution in [0.2, 0.25) is 0 Å². The lowest BCUT2D eigenvalue weighted by Crippen LogP contribution is -2.38. The second kappa shape index (κ2) is 4.96. The van der Waals surface area contributed by atoms with Gasteiger partial charge in [0.1, 0.15) is 5.69 Å². The molecule has 7 heteroatoms. The van der Waals surface area contributed by atoms with Crippen molar-refractivity contribution >= 4 is 17.2 Å². The molecule has 0 aliphatic heterocycles. The van der Waals surface area contributed by atoms with E-state index in [1.54, 1.807) is 6.92 Å². The van der Waals surface area contributed by atoms with E-state index in [2.05, 4.69) is 4.99 Å². The van der Waals surface area contributed by atoms with Gasteiger partial charge >= 0.3 is 5.69 Å². The molecule has 0 atom stereocenters. The van der Waals surface area contributed by atoms with Crippen molar-refractivity contribution in [3.8, 4) is 0 Å². The molecule has 0 aliphatic rings. The lowest BCUT2D eigenvalue weighted by atomic mass is 10.3. The summed E-state index contributed by atoms with van der Waals surface area (Å²) in [4.78, 5) is 27.5. The maximum atomic E-state index is 11.7. The number of aliphatic imine (C=N–C) groups is 1. The van der Waals surface area contributed by atoms with E-state index >= 15 is 0 Å². The van der Waals surface area contributed by atoms with Gasteiger partial charge in [0.05, 0.1) is 0 Å². The number of anilines is 1. The zero-order chi connectivity index (χ0) is 13.2. The molecule has 0 radical (unpaired) electrons. The highest BCUT2D eigenvalue weighted by Gasteiger charge is 2.11. The minimum atomic E-state index is -0.535. The molecule has 1 aromatic heterocycles. The zero-order valence-electron chi connectivity index (χ0n) is 10.2. The first kappa shape index (κ1) is 13.2. The maximum Gasteiger partial charge on any atom is 0.332 e. The first-order valence-electron chi connectivity index (χ1n) is 5.19. The Hall–Kier alpha value is -1.89. The molecule has 94 valence electrons. The Morgan fingerprint density at radius 1 is 1.29 bits per heavy atom. The van der Waals surface area contributed by atoms with Crippen molar-refractivity contribution in [2.75, 3.05) is 12.3 Å². The van der Waals surface area contributed by atoms with Crippen LogP contribution >= 0.6 is 0 Å². The minimum absolute atomic E-state index is 0.0361.